The first-order chi connectivity index (χ1) is 9.16. The second-order valence-corrected chi connectivity index (χ2v) is 5.41. The van der Waals surface area contributed by atoms with Crippen LogP contribution in [0.2, 0.25) is 5.02 Å². The molecule has 3 nitrogen and oxygen atoms in total. The third-order valence-electron chi connectivity index (χ3n) is 2.77. The van der Waals surface area contributed by atoms with Crippen LogP contribution >= 0.6 is 22.9 Å². The van der Waals surface area contributed by atoms with E-state index in [0.717, 1.165) is 15.9 Å². The van der Waals surface area contributed by atoms with Crippen molar-refractivity contribution in [2.24, 2.45) is 0 Å². The summed E-state index contributed by atoms with van der Waals surface area (Å²) >= 11 is 6.95. The fraction of sp³-hybridized carbons (Fsp3) is 0. The van der Waals surface area contributed by atoms with Crippen molar-refractivity contribution in [1.82, 2.24) is 4.57 Å². The number of hydrogen-bond acceptors (Lipinski definition) is 3. The van der Waals surface area contributed by atoms with Gasteiger partial charge in [-0.25, -0.2) is 4.57 Å². The fourth-order valence-corrected chi connectivity index (χ4v) is 2.98. The van der Waals surface area contributed by atoms with Gasteiger partial charge < -0.3 is 0 Å². The predicted molar refractivity (Wildman–Crippen MR) is 78.7 cm³/mol. The maximum Gasteiger partial charge on any atom is 0.315 e. The Labute approximate surface area is 117 Å². The number of rotatable bonds is 1. The van der Waals surface area contributed by atoms with Crippen molar-refractivity contribution in [1.29, 1.82) is 0 Å². The number of benzene rings is 2. The average molecular weight is 290 g/mol. The molecule has 0 aliphatic heterocycles. The molecule has 0 saturated carbocycles. The van der Waals surface area contributed by atoms with Crippen molar-refractivity contribution in [3.8, 4) is 5.69 Å². The van der Waals surface area contributed by atoms with Crippen molar-refractivity contribution >= 4 is 33.0 Å². The van der Waals surface area contributed by atoms with Crippen molar-refractivity contribution < 1.29 is 0 Å². The Morgan fingerprint density at radius 2 is 1.79 bits per heavy atom. The molecule has 19 heavy (non-hydrogen) atoms. The van der Waals surface area contributed by atoms with Crippen LogP contribution in [0.5, 0.6) is 0 Å². The summed E-state index contributed by atoms with van der Waals surface area (Å²) in [6.45, 7) is 0. The quantitative estimate of drug-likeness (QED) is 0.690. The van der Waals surface area contributed by atoms with Gasteiger partial charge in [-0.15, -0.1) is 0 Å². The number of aromatic nitrogens is 1. The fourth-order valence-electron chi connectivity index (χ4n) is 1.91. The molecule has 0 aliphatic rings. The molecule has 3 rings (SSSR count). The van der Waals surface area contributed by atoms with Gasteiger partial charge in [0.25, 0.3) is 5.56 Å². The molecular formula is C14H8ClNO2S. The van der Waals surface area contributed by atoms with E-state index >= 15 is 0 Å². The highest BCUT2D eigenvalue weighted by Gasteiger charge is 2.09. The number of nitrogens with zero attached hydrogens (tertiary/aromatic N) is 1. The van der Waals surface area contributed by atoms with E-state index in [-0.39, 0.29) is 10.4 Å². The number of halogens is 1. The standard InChI is InChI=1S/C14H8ClNO2S/c15-9-4-3-5-10(8-9)16-13(17)11-6-1-2-7-12(11)19-14(16)18/h1-8H. The third-order valence-corrected chi connectivity index (χ3v) is 3.94. The Bertz CT molecular complexity index is 882. The van der Waals surface area contributed by atoms with Crippen molar-refractivity contribution in [2.45, 2.75) is 0 Å². The van der Waals surface area contributed by atoms with E-state index in [1.165, 1.54) is 0 Å². The molecule has 0 N–H and O–H groups in total. The zero-order chi connectivity index (χ0) is 13.4. The average Bonchev–Trinajstić information content (AvgIpc) is 2.39. The first kappa shape index (κ1) is 12.1. The highest BCUT2D eigenvalue weighted by atomic mass is 35.5. The van der Waals surface area contributed by atoms with Crippen LogP contribution in [-0.2, 0) is 0 Å². The number of fused-ring (bicyclic) bond motifs is 1. The summed E-state index contributed by atoms with van der Waals surface area (Å²) in [6.07, 6.45) is 0. The summed E-state index contributed by atoms with van der Waals surface area (Å²) < 4.78 is 1.84. The molecular weight excluding hydrogens is 282 g/mol. The lowest BCUT2D eigenvalue weighted by atomic mass is 10.2. The van der Waals surface area contributed by atoms with Crippen LogP contribution in [-0.4, -0.2) is 4.57 Å². The van der Waals surface area contributed by atoms with Crippen molar-refractivity contribution in [2.75, 3.05) is 0 Å². The van der Waals surface area contributed by atoms with E-state index < -0.39 is 0 Å². The van der Waals surface area contributed by atoms with Gasteiger partial charge in [-0.1, -0.05) is 41.1 Å². The van der Waals surface area contributed by atoms with Crippen LogP contribution < -0.4 is 10.4 Å². The van der Waals surface area contributed by atoms with Gasteiger partial charge in [-0.05, 0) is 30.3 Å². The molecule has 1 aromatic heterocycles. The Morgan fingerprint density at radius 1 is 1.00 bits per heavy atom. The SMILES string of the molecule is O=c1sc2ccccc2c(=O)n1-c1cccc(Cl)c1. The maximum atomic E-state index is 12.4. The highest BCUT2D eigenvalue weighted by Crippen LogP contribution is 2.15. The molecule has 0 aliphatic carbocycles. The normalized spacial score (nSPS) is 10.8. The molecule has 1 heterocycles. The third kappa shape index (κ3) is 2.09. The van der Waals surface area contributed by atoms with Gasteiger partial charge >= 0.3 is 4.87 Å². The molecule has 94 valence electrons. The molecule has 0 atom stereocenters. The lowest BCUT2D eigenvalue weighted by molar-refractivity contribution is 0.986. The summed E-state index contributed by atoms with van der Waals surface area (Å²) in [7, 11) is 0. The molecule has 0 amide bonds. The zero-order valence-corrected chi connectivity index (χ0v) is 11.2. The molecule has 0 spiro atoms. The Morgan fingerprint density at radius 3 is 2.58 bits per heavy atom. The minimum absolute atomic E-state index is 0.314. The monoisotopic (exact) mass is 289 g/mol. The second-order valence-electron chi connectivity index (χ2n) is 3.98. The molecule has 0 radical (unpaired) electrons. The van der Waals surface area contributed by atoms with Crippen LogP contribution in [0.4, 0.5) is 0 Å². The summed E-state index contributed by atoms with van der Waals surface area (Å²) in [5.41, 5.74) is 0.172. The Hall–Kier alpha value is -1.91. The first-order valence-corrected chi connectivity index (χ1v) is 6.77. The van der Waals surface area contributed by atoms with Gasteiger partial charge in [0, 0.05) is 9.72 Å². The minimum atomic E-state index is -0.318. The van der Waals surface area contributed by atoms with Crippen LogP contribution in [0.25, 0.3) is 15.8 Å². The molecule has 0 bridgehead atoms. The Kier molecular flexibility index (Phi) is 2.97. The maximum absolute atomic E-state index is 12.4. The lowest BCUT2D eigenvalue weighted by Gasteiger charge is -2.05. The number of hydrogen-bond donors (Lipinski definition) is 0. The molecule has 0 unspecified atom stereocenters. The first-order valence-electron chi connectivity index (χ1n) is 5.58. The smallest absolute Gasteiger partial charge is 0.268 e. The van der Waals surface area contributed by atoms with E-state index in [9.17, 15) is 9.59 Å². The summed E-state index contributed by atoms with van der Waals surface area (Å²) in [5, 5.41) is 1.02. The molecule has 0 fully saturated rings. The van der Waals surface area contributed by atoms with E-state index in [0.29, 0.717) is 20.8 Å². The summed E-state index contributed by atoms with van der Waals surface area (Å²) in [6, 6.07) is 13.8. The topological polar surface area (TPSA) is 39.1 Å². The summed E-state index contributed by atoms with van der Waals surface area (Å²) in [5.74, 6) is 0. The Balaban J connectivity index is 2.42. The van der Waals surface area contributed by atoms with Gasteiger partial charge in [-0.3, -0.25) is 9.59 Å². The second kappa shape index (κ2) is 4.64. The van der Waals surface area contributed by atoms with E-state index in [2.05, 4.69) is 0 Å². The minimum Gasteiger partial charge on any atom is -0.268 e. The molecule has 5 heteroatoms. The van der Waals surface area contributed by atoms with Crippen molar-refractivity contribution in [3.63, 3.8) is 0 Å². The van der Waals surface area contributed by atoms with Gasteiger partial charge in [0.15, 0.2) is 0 Å². The van der Waals surface area contributed by atoms with Crippen LogP contribution in [0.15, 0.2) is 58.1 Å². The van der Waals surface area contributed by atoms with Gasteiger partial charge in [-0.2, -0.15) is 0 Å². The highest BCUT2D eigenvalue weighted by molar-refractivity contribution is 7.16. The van der Waals surface area contributed by atoms with Crippen molar-refractivity contribution in [3.05, 3.63) is 73.6 Å². The van der Waals surface area contributed by atoms with Gasteiger partial charge in [0.1, 0.15) is 0 Å². The van der Waals surface area contributed by atoms with E-state index in [4.69, 9.17) is 11.6 Å². The molecule has 3 aromatic rings. The summed E-state index contributed by atoms with van der Waals surface area (Å²) in [4.78, 5) is 24.2. The van der Waals surface area contributed by atoms with Crippen LogP contribution in [0.3, 0.4) is 0 Å². The molecule has 2 aromatic carbocycles. The predicted octanol–water partition coefficient (Wildman–Crippen LogP) is 3.07. The largest absolute Gasteiger partial charge is 0.315 e. The molecule has 0 saturated heterocycles. The lowest BCUT2D eigenvalue weighted by Crippen LogP contribution is -2.29. The van der Waals surface area contributed by atoms with Crippen LogP contribution in [0, 0.1) is 0 Å². The van der Waals surface area contributed by atoms with Crippen LogP contribution in [0.1, 0.15) is 0 Å². The zero-order valence-electron chi connectivity index (χ0n) is 9.67. The van der Waals surface area contributed by atoms with Gasteiger partial charge in [0.2, 0.25) is 0 Å². The van der Waals surface area contributed by atoms with Gasteiger partial charge in [0.05, 0.1) is 11.1 Å². The van der Waals surface area contributed by atoms with E-state index in [1.54, 1.807) is 48.5 Å². The van der Waals surface area contributed by atoms with E-state index in [1.807, 2.05) is 0 Å².